The zero-order valence-corrected chi connectivity index (χ0v) is 8.17. The van der Waals surface area contributed by atoms with Gasteiger partial charge in [0.05, 0.1) is 13.1 Å². The van der Waals surface area contributed by atoms with E-state index in [1.165, 1.54) is 0 Å². The van der Waals surface area contributed by atoms with Gasteiger partial charge in [0.15, 0.2) is 0 Å². The highest BCUT2D eigenvalue weighted by atomic mass is 32.2. The lowest BCUT2D eigenvalue weighted by molar-refractivity contribution is 0.398. The lowest BCUT2D eigenvalue weighted by Gasteiger charge is -2.43. The molecule has 0 aliphatic carbocycles. The first-order chi connectivity index (χ1) is 6.31. The average molecular weight is 196 g/mol. The second-order valence-corrected chi connectivity index (χ2v) is 4.36. The predicted molar refractivity (Wildman–Crippen MR) is 56.5 cm³/mol. The minimum absolute atomic E-state index is 0.242. The van der Waals surface area contributed by atoms with Gasteiger partial charge in [-0.25, -0.2) is 4.98 Å². The van der Waals surface area contributed by atoms with Crippen LogP contribution >= 0.6 is 11.8 Å². The van der Waals surface area contributed by atoms with Crippen LogP contribution in [0.3, 0.4) is 0 Å². The Morgan fingerprint density at radius 3 is 2.69 bits per heavy atom. The predicted octanol–water partition coefficient (Wildman–Crippen LogP) is 1.63. The fourth-order valence-corrected chi connectivity index (χ4v) is 2.51. The Balaban J connectivity index is 2.23. The summed E-state index contributed by atoms with van der Waals surface area (Å²) in [5.41, 5.74) is 0. The second-order valence-electron chi connectivity index (χ2n) is 3.14. The number of aromatic nitrogens is 1. The van der Waals surface area contributed by atoms with E-state index in [0.29, 0.717) is 18.9 Å². The number of quaternary nitrogens is 1. The van der Waals surface area contributed by atoms with Crippen LogP contribution in [0.2, 0.25) is 0 Å². The van der Waals surface area contributed by atoms with Gasteiger partial charge in [-0.15, -0.1) is 0 Å². The van der Waals surface area contributed by atoms with Gasteiger partial charge in [-0.1, -0.05) is 6.07 Å². The van der Waals surface area contributed by atoms with Crippen LogP contribution in [0.5, 0.6) is 0 Å². The summed E-state index contributed by atoms with van der Waals surface area (Å²) < 4.78 is -0.242. The van der Waals surface area contributed by atoms with E-state index in [0.717, 1.165) is 11.5 Å². The molecule has 0 N–H and O–H groups in total. The average Bonchev–Trinajstić information content (AvgIpc) is 2.20. The molecule has 0 bridgehead atoms. The van der Waals surface area contributed by atoms with Gasteiger partial charge in [0.25, 0.3) is 0 Å². The van der Waals surface area contributed by atoms with Crippen molar-refractivity contribution in [1.82, 2.24) is 9.63 Å². The lowest BCUT2D eigenvalue weighted by atomic mass is 10.4. The molecule has 4 heteroatoms. The number of nitrogens with zero attached hydrogens (tertiary/aromatic N) is 2. The summed E-state index contributed by atoms with van der Waals surface area (Å²) in [6.07, 6.45) is 1.69. The quantitative estimate of drug-likeness (QED) is 0.506. The van der Waals surface area contributed by atoms with Gasteiger partial charge in [-0.3, -0.25) is 0 Å². The first-order valence-electron chi connectivity index (χ1n) is 4.39. The summed E-state index contributed by atoms with van der Waals surface area (Å²) >= 11 is 1.85. The van der Waals surface area contributed by atoms with Gasteiger partial charge in [-0.2, -0.15) is 11.8 Å². The smallest absolute Gasteiger partial charge is 0.227 e. The van der Waals surface area contributed by atoms with Gasteiger partial charge in [0, 0.05) is 23.8 Å². The zero-order chi connectivity index (χ0) is 9.15. The number of hydrogen-bond acceptors (Lipinski definition) is 3. The summed E-state index contributed by atoms with van der Waals surface area (Å²) in [6.45, 7) is 1.31. The maximum atomic E-state index is 12.2. The number of hydrogen-bond donors (Lipinski definition) is 0. The van der Waals surface area contributed by atoms with Crippen LogP contribution in [0.1, 0.15) is 0 Å². The standard InChI is InChI=1S/C9H12N2OS/c12-11(5-7-13-8-6-11)9-3-1-2-4-10-9/h1-4H,5-8H2. The van der Waals surface area contributed by atoms with E-state index < -0.39 is 0 Å². The normalized spacial score (nSPS) is 21.3. The Morgan fingerprint density at radius 2 is 2.08 bits per heavy atom. The molecule has 1 aromatic rings. The summed E-state index contributed by atoms with van der Waals surface area (Å²) in [7, 11) is 0. The summed E-state index contributed by atoms with van der Waals surface area (Å²) in [4.78, 5) is 4.12. The SMILES string of the molecule is [O-][N+]1(c2ccccn2)CCSCC1. The largest absolute Gasteiger partial charge is 0.626 e. The van der Waals surface area contributed by atoms with E-state index in [-0.39, 0.29) is 4.65 Å². The van der Waals surface area contributed by atoms with Crippen molar-refractivity contribution in [3.05, 3.63) is 29.6 Å². The monoisotopic (exact) mass is 196 g/mol. The van der Waals surface area contributed by atoms with E-state index in [1.807, 2.05) is 30.0 Å². The van der Waals surface area contributed by atoms with E-state index >= 15 is 0 Å². The highest BCUT2D eigenvalue weighted by Gasteiger charge is 2.24. The van der Waals surface area contributed by atoms with Crippen molar-refractivity contribution in [2.75, 3.05) is 24.6 Å². The number of rotatable bonds is 1. The minimum atomic E-state index is -0.242. The molecule has 1 aliphatic heterocycles. The van der Waals surface area contributed by atoms with Crippen LogP contribution in [0.25, 0.3) is 0 Å². The highest BCUT2D eigenvalue weighted by Crippen LogP contribution is 2.23. The fraction of sp³-hybridized carbons (Fsp3) is 0.444. The van der Waals surface area contributed by atoms with Gasteiger partial charge >= 0.3 is 0 Å². The van der Waals surface area contributed by atoms with Gasteiger partial charge in [0.2, 0.25) is 5.82 Å². The topological polar surface area (TPSA) is 36.0 Å². The lowest BCUT2D eigenvalue weighted by Crippen LogP contribution is -2.49. The number of thioether (sulfide) groups is 1. The third kappa shape index (κ3) is 1.85. The molecule has 2 rings (SSSR count). The molecule has 13 heavy (non-hydrogen) atoms. The van der Waals surface area contributed by atoms with Gasteiger partial charge in [-0.05, 0) is 6.07 Å². The van der Waals surface area contributed by atoms with E-state index in [1.54, 1.807) is 6.20 Å². The van der Waals surface area contributed by atoms with Crippen molar-refractivity contribution < 1.29 is 0 Å². The first kappa shape index (κ1) is 8.99. The molecule has 1 aromatic heterocycles. The van der Waals surface area contributed by atoms with Crippen LogP contribution in [-0.4, -0.2) is 29.6 Å². The molecule has 0 amide bonds. The maximum Gasteiger partial charge on any atom is 0.227 e. The van der Waals surface area contributed by atoms with Crippen LogP contribution in [0, 0.1) is 5.21 Å². The van der Waals surface area contributed by atoms with E-state index in [4.69, 9.17) is 0 Å². The Morgan fingerprint density at radius 1 is 1.31 bits per heavy atom. The molecule has 3 nitrogen and oxygen atoms in total. The zero-order valence-electron chi connectivity index (χ0n) is 7.35. The molecule has 0 aromatic carbocycles. The molecule has 2 heterocycles. The molecule has 70 valence electrons. The molecule has 0 unspecified atom stereocenters. The molecule has 1 aliphatic rings. The number of hydroxylamine groups is 2. The van der Waals surface area contributed by atoms with Crippen LogP contribution in [0.4, 0.5) is 5.82 Å². The van der Waals surface area contributed by atoms with Gasteiger partial charge in [0.1, 0.15) is 0 Å². The van der Waals surface area contributed by atoms with Gasteiger partial charge < -0.3 is 9.85 Å². The van der Waals surface area contributed by atoms with Crippen LogP contribution in [-0.2, 0) is 0 Å². The third-order valence-corrected chi connectivity index (χ3v) is 3.20. The summed E-state index contributed by atoms with van der Waals surface area (Å²) in [5, 5.41) is 12.2. The van der Waals surface area contributed by atoms with Crippen molar-refractivity contribution in [1.29, 1.82) is 0 Å². The summed E-state index contributed by atoms with van der Waals surface area (Å²) in [6, 6.07) is 5.54. The second kappa shape index (κ2) is 3.65. The Kier molecular flexibility index (Phi) is 2.53. The molecule has 0 spiro atoms. The first-order valence-corrected chi connectivity index (χ1v) is 5.54. The van der Waals surface area contributed by atoms with Crippen molar-refractivity contribution >= 4 is 17.6 Å². The summed E-state index contributed by atoms with van der Waals surface area (Å²) in [5.74, 6) is 2.54. The Bertz CT molecular complexity index is 272. The molecular formula is C9H12N2OS. The third-order valence-electron chi connectivity index (χ3n) is 2.26. The maximum absolute atomic E-state index is 12.2. The van der Waals surface area contributed by atoms with Crippen molar-refractivity contribution in [3.63, 3.8) is 0 Å². The fourth-order valence-electron chi connectivity index (χ4n) is 1.46. The molecule has 1 fully saturated rings. The number of pyridine rings is 1. The molecule has 1 saturated heterocycles. The molecular weight excluding hydrogens is 184 g/mol. The van der Waals surface area contributed by atoms with E-state index in [2.05, 4.69) is 4.98 Å². The molecule has 0 radical (unpaired) electrons. The molecule has 0 saturated carbocycles. The van der Waals surface area contributed by atoms with Crippen molar-refractivity contribution in [3.8, 4) is 0 Å². The van der Waals surface area contributed by atoms with E-state index in [9.17, 15) is 5.21 Å². The van der Waals surface area contributed by atoms with Crippen LogP contribution in [0.15, 0.2) is 24.4 Å². The minimum Gasteiger partial charge on any atom is -0.626 e. The van der Waals surface area contributed by atoms with Crippen molar-refractivity contribution in [2.45, 2.75) is 0 Å². The van der Waals surface area contributed by atoms with Crippen LogP contribution < -0.4 is 4.65 Å². The Hall–Kier alpha value is -0.580. The highest BCUT2D eigenvalue weighted by molar-refractivity contribution is 7.99. The van der Waals surface area contributed by atoms with Crippen molar-refractivity contribution in [2.24, 2.45) is 0 Å². The molecule has 0 atom stereocenters. The Labute approximate surface area is 81.9 Å².